The number of aromatic amines is 1. The lowest BCUT2D eigenvalue weighted by molar-refractivity contribution is -0.125. The number of nitrogens with two attached hydrogens (primary N) is 1. The van der Waals surface area contributed by atoms with E-state index in [-0.39, 0.29) is 5.91 Å². The molecular weight excluding hydrogens is 222 g/mol. The molecule has 17 heavy (non-hydrogen) atoms. The third-order valence-corrected chi connectivity index (χ3v) is 2.84. The van der Waals surface area contributed by atoms with E-state index in [0.717, 1.165) is 5.56 Å². The summed E-state index contributed by atoms with van der Waals surface area (Å²) in [4.78, 5) is 25.2. The highest BCUT2D eigenvalue weighted by Crippen LogP contribution is 2.25. The van der Waals surface area contributed by atoms with Gasteiger partial charge < -0.3 is 4.42 Å². The molecule has 1 aromatic carbocycles. The fraction of sp³-hybridized carbons (Fsp3) is 0.273. The van der Waals surface area contributed by atoms with E-state index in [1.54, 1.807) is 32.0 Å². The molecule has 0 radical (unpaired) electrons. The second-order valence-electron chi connectivity index (χ2n) is 4.32. The number of carbonyl (C=O) groups is 1. The molecule has 0 saturated carbocycles. The van der Waals surface area contributed by atoms with Gasteiger partial charge in [-0.25, -0.2) is 10.6 Å². The van der Waals surface area contributed by atoms with Gasteiger partial charge in [-0.2, -0.15) is 0 Å². The third kappa shape index (κ3) is 1.83. The summed E-state index contributed by atoms with van der Waals surface area (Å²) in [6, 6.07) is 5.08. The van der Waals surface area contributed by atoms with Crippen LogP contribution in [0.1, 0.15) is 19.4 Å². The van der Waals surface area contributed by atoms with Gasteiger partial charge in [0.1, 0.15) is 0 Å². The van der Waals surface area contributed by atoms with Crippen molar-refractivity contribution in [3.05, 3.63) is 34.3 Å². The summed E-state index contributed by atoms with van der Waals surface area (Å²) in [5.41, 5.74) is 3.10. The molecule has 90 valence electrons. The van der Waals surface area contributed by atoms with Crippen LogP contribution < -0.4 is 17.0 Å². The molecule has 6 heteroatoms. The van der Waals surface area contributed by atoms with E-state index >= 15 is 0 Å². The number of H-pyrrole nitrogens is 1. The van der Waals surface area contributed by atoms with Crippen molar-refractivity contribution in [1.82, 2.24) is 10.4 Å². The van der Waals surface area contributed by atoms with Crippen molar-refractivity contribution >= 4 is 17.0 Å². The lowest BCUT2D eigenvalue weighted by Crippen LogP contribution is -2.43. The zero-order valence-electron chi connectivity index (χ0n) is 9.53. The average Bonchev–Trinajstić information content (AvgIpc) is 2.66. The summed E-state index contributed by atoms with van der Waals surface area (Å²) in [6.45, 7) is 3.49. The van der Waals surface area contributed by atoms with Crippen LogP contribution in [0.5, 0.6) is 0 Å². The minimum absolute atomic E-state index is 0.303. The quantitative estimate of drug-likeness (QED) is 0.398. The summed E-state index contributed by atoms with van der Waals surface area (Å²) in [6.07, 6.45) is 0. The van der Waals surface area contributed by atoms with E-state index in [2.05, 4.69) is 10.4 Å². The van der Waals surface area contributed by atoms with Gasteiger partial charge >= 0.3 is 5.76 Å². The van der Waals surface area contributed by atoms with Crippen molar-refractivity contribution in [3.63, 3.8) is 0 Å². The van der Waals surface area contributed by atoms with E-state index in [4.69, 9.17) is 10.3 Å². The number of carbonyl (C=O) groups excluding carboxylic acids is 1. The van der Waals surface area contributed by atoms with E-state index in [9.17, 15) is 9.59 Å². The number of hydrogen-bond acceptors (Lipinski definition) is 4. The molecule has 2 rings (SSSR count). The van der Waals surface area contributed by atoms with Gasteiger partial charge in [0, 0.05) is 0 Å². The Kier molecular flexibility index (Phi) is 2.51. The summed E-state index contributed by atoms with van der Waals surface area (Å²) >= 11 is 0. The highest BCUT2D eigenvalue weighted by atomic mass is 16.4. The molecule has 4 N–H and O–H groups in total. The Balaban J connectivity index is 2.56. The first-order chi connectivity index (χ1) is 7.95. The number of amides is 1. The molecule has 0 bridgehead atoms. The number of hydrogen-bond donors (Lipinski definition) is 3. The van der Waals surface area contributed by atoms with Crippen LogP contribution in [0.3, 0.4) is 0 Å². The topological polar surface area (TPSA) is 101 Å². The maximum absolute atomic E-state index is 11.6. The Morgan fingerprint density at radius 3 is 2.82 bits per heavy atom. The molecule has 1 heterocycles. The maximum Gasteiger partial charge on any atom is 0.417 e. The molecule has 0 fully saturated rings. The first-order valence-electron chi connectivity index (χ1n) is 5.09. The van der Waals surface area contributed by atoms with Crippen LogP contribution in [-0.2, 0) is 10.2 Å². The number of aromatic nitrogens is 1. The van der Waals surface area contributed by atoms with E-state index in [1.165, 1.54) is 0 Å². The van der Waals surface area contributed by atoms with Gasteiger partial charge in [-0.05, 0) is 31.5 Å². The predicted octanol–water partition coefficient (Wildman–Crippen LogP) is 0.389. The van der Waals surface area contributed by atoms with E-state index in [1.807, 2.05) is 0 Å². The van der Waals surface area contributed by atoms with Gasteiger partial charge in [-0.15, -0.1) is 0 Å². The van der Waals surface area contributed by atoms with Crippen LogP contribution in [0, 0.1) is 0 Å². The van der Waals surface area contributed by atoms with Gasteiger partial charge in [-0.3, -0.25) is 15.2 Å². The van der Waals surface area contributed by atoms with E-state index in [0.29, 0.717) is 11.1 Å². The SMILES string of the molecule is CC(C)(C(=O)NN)c1ccc2oc(=O)[nH]c2c1. The minimum atomic E-state index is -0.781. The largest absolute Gasteiger partial charge is 0.417 e. The number of benzene rings is 1. The third-order valence-electron chi connectivity index (χ3n) is 2.84. The van der Waals surface area contributed by atoms with Crippen molar-refractivity contribution in [2.75, 3.05) is 0 Å². The summed E-state index contributed by atoms with van der Waals surface area (Å²) < 4.78 is 4.89. The van der Waals surface area contributed by atoms with Crippen LogP contribution in [0.15, 0.2) is 27.4 Å². The van der Waals surface area contributed by atoms with Gasteiger partial charge in [0.05, 0.1) is 10.9 Å². The Morgan fingerprint density at radius 2 is 2.18 bits per heavy atom. The standard InChI is InChI=1S/C11H13N3O3/c1-11(2,9(15)14-12)6-3-4-8-7(5-6)13-10(16)17-8/h3-5H,12H2,1-2H3,(H,13,16)(H,14,15). The zero-order chi connectivity index (χ0) is 12.6. The van der Waals surface area contributed by atoms with Crippen molar-refractivity contribution in [2.24, 2.45) is 5.84 Å². The van der Waals surface area contributed by atoms with Crippen LogP contribution in [0.4, 0.5) is 0 Å². The van der Waals surface area contributed by atoms with Crippen LogP contribution in [0.25, 0.3) is 11.1 Å². The zero-order valence-corrected chi connectivity index (χ0v) is 9.53. The van der Waals surface area contributed by atoms with Crippen molar-refractivity contribution < 1.29 is 9.21 Å². The highest BCUT2D eigenvalue weighted by molar-refractivity contribution is 5.88. The molecule has 0 atom stereocenters. The van der Waals surface area contributed by atoms with Crippen molar-refractivity contribution in [1.29, 1.82) is 0 Å². The molecule has 6 nitrogen and oxygen atoms in total. The first kappa shape index (κ1) is 11.4. The minimum Gasteiger partial charge on any atom is -0.408 e. The number of oxazole rings is 1. The summed E-state index contributed by atoms with van der Waals surface area (Å²) in [7, 11) is 0. The van der Waals surface area contributed by atoms with Gasteiger partial charge in [0.25, 0.3) is 0 Å². The van der Waals surface area contributed by atoms with Gasteiger partial charge in [0.15, 0.2) is 5.58 Å². The molecule has 1 amide bonds. The molecular formula is C11H13N3O3. The molecule has 1 aromatic heterocycles. The van der Waals surface area contributed by atoms with E-state index < -0.39 is 11.2 Å². The fourth-order valence-corrected chi connectivity index (χ4v) is 1.65. The summed E-state index contributed by atoms with van der Waals surface area (Å²) in [5.74, 6) is 4.32. The molecule has 0 saturated heterocycles. The number of nitrogens with one attached hydrogen (secondary N) is 2. The molecule has 0 aliphatic carbocycles. The van der Waals surface area contributed by atoms with Crippen molar-refractivity contribution in [3.8, 4) is 0 Å². The predicted molar refractivity (Wildman–Crippen MR) is 62.2 cm³/mol. The van der Waals surface area contributed by atoms with Crippen LogP contribution in [-0.4, -0.2) is 10.9 Å². The first-order valence-corrected chi connectivity index (χ1v) is 5.09. The molecule has 0 spiro atoms. The van der Waals surface area contributed by atoms with Gasteiger partial charge in [0.2, 0.25) is 5.91 Å². The van der Waals surface area contributed by atoms with Crippen LogP contribution in [0.2, 0.25) is 0 Å². The second-order valence-corrected chi connectivity index (χ2v) is 4.32. The Hall–Kier alpha value is -2.08. The summed E-state index contributed by atoms with van der Waals surface area (Å²) in [5, 5.41) is 0. The molecule has 0 aliphatic rings. The van der Waals surface area contributed by atoms with Crippen LogP contribution >= 0.6 is 0 Å². The van der Waals surface area contributed by atoms with Gasteiger partial charge in [-0.1, -0.05) is 6.07 Å². The number of hydrazine groups is 1. The smallest absolute Gasteiger partial charge is 0.408 e. The monoisotopic (exact) mass is 235 g/mol. The lowest BCUT2D eigenvalue weighted by atomic mass is 9.84. The second kappa shape index (κ2) is 3.74. The maximum atomic E-state index is 11.6. The number of fused-ring (bicyclic) bond motifs is 1. The molecule has 0 unspecified atom stereocenters. The Bertz CT molecular complexity index is 624. The Morgan fingerprint density at radius 1 is 1.47 bits per heavy atom. The lowest BCUT2D eigenvalue weighted by Gasteiger charge is -2.22. The molecule has 0 aliphatic heterocycles. The highest BCUT2D eigenvalue weighted by Gasteiger charge is 2.29. The number of rotatable bonds is 2. The molecule has 2 aromatic rings. The Labute approximate surface area is 96.8 Å². The average molecular weight is 235 g/mol. The normalized spacial score (nSPS) is 11.7. The van der Waals surface area contributed by atoms with Crippen molar-refractivity contribution in [2.45, 2.75) is 19.3 Å². The fourth-order valence-electron chi connectivity index (χ4n) is 1.65.